The van der Waals surface area contributed by atoms with E-state index in [1.54, 1.807) is 24.6 Å². The van der Waals surface area contributed by atoms with Crippen LogP contribution in [0.3, 0.4) is 0 Å². The fourth-order valence-electron chi connectivity index (χ4n) is 4.02. The Labute approximate surface area is 188 Å². The van der Waals surface area contributed by atoms with Crippen molar-refractivity contribution in [3.05, 3.63) is 57.5 Å². The van der Waals surface area contributed by atoms with Gasteiger partial charge < -0.3 is 14.6 Å². The Morgan fingerprint density at radius 1 is 1.21 bits per heavy atom. The quantitative estimate of drug-likeness (QED) is 0.513. The lowest BCUT2D eigenvalue weighted by Crippen LogP contribution is -2.30. The highest BCUT2D eigenvalue weighted by Crippen LogP contribution is 2.43. The van der Waals surface area contributed by atoms with Crippen LogP contribution in [-0.2, 0) is 5.54 Å². The molecule has 2 heterocycles. The molecular formula is C24H25F3N4O2. The molecule has 2 aromatic heterocycles. The summed E-state index contributed by atoms with van der Waals surface area (Å²) in [6.45, 7) is 5.38. The molecule has 6 nitrogen and oxygen atoms in total. The number of hydrogen-bond donors (Lipinski definition) is 1. The largest absolute Gasteiger partial charge is 0.483 e. The van der Waals surface area contributed by atoms with Gasteiger partial charge in [0.1, 0.15) is 23.0 Å². The van der Waals surface area contributed by atoms with Gasteiger partial charge in [-0.3, -0.25) is 4.79 Å². The van der Waals surface area contributed by atoms with Gasteiger partial charge in [-0.15, -0.1) is 0 Å². The third kappa shape index (κ3) is 3.94. The number of halogens is 3. The highest BCUT2D eigenvalue weighted by molar-refractivity contribution is 5.92. The molecule has 3 aromatic rings. The lowest BCUT2D eigenvalue weighted by atomic mass is 10.0. The minimum absolute atomic E-state index is 0.000506. The van der Waals surface area contributed by atoms with Gasteiger partial charge in [0.15, 0.2) is 0 Å². The zero-order valence-corrected chi connectivity index (χ0v) is 18.7. The fraction of sp³-hybridized carbons (Fsp3) is 0.458. The number of benzene rings is 1. The minimum Gasteiger partial charge on any atom is -0.483 e. The molecule has 2 fully saturated rings. The van der Waals surface area contributed by atoms with Crippen LogP contribution in [0.4, 0.5) is 19.0 Å². The Hall–Kier alpha value is -3.10. The Balaban J connectivity index is 1.63. The number of pyridine rings is 1. The number of aromatic nitrogens is 3. The summed E-state index contributed by atoms with van der Waals surface area (Å²) < 4.78 is 48.8. The minimum atomic E-state index is -2.91. The molecule has 0 unspecified atom stereocenters. The zero-order valence-electron chi connectivity index (χ0n) is 18.7. The lowest BCUT2D eigenvalue weighted by Gasteiger charge is -2.21. The molecule has 1 N–H and O–H groups in total. The molecule has 1 atom stereocenters. The number of fused-ring (bicyclic) bond motifs is 1. The first-order valence-corrected chi connectivity index (χ1v) is 11.1. The van der Waals surface area contributed by atoms with Crippen molar-refractivity contribution < 1.29 is 17.9 Å². The molecule has 2 aliphatic rings. The Kier molecular flexibility index (Phi) is 5.10. The van der Waals surface area contributed by atoms with E-state index >= 15 is 0 Å². The maximum absolute atomic E-state index is 14.7. The second kappa shape index (κ2) is 7.74. The molecule has 0 amide bonds. The molecular weight excluding hydrogens is 433 g/mol. The van der Waals surface area contributed by atoms with Gasteiger partial charge in [0.05, 0.1) is 23.1 Å². The second-order valence-electron chi connectivity index (χ2n) is 9.25. The summed E-state index contributed by atoms with van der Waals surface area (Å²) in [7, 11) is 0. The van der Waals surface area contributed by atoms with Crippen molar-refractivity contribution in [2.45, 2.75) is 70.6 Å². The number of ether oxygens (including phenoxy) is 1. The molecule has 9 heteroatoms. The van der Waals surface area contributed by atoms with Crippen molar-refractivity contribution in [2.24, 2.45) is 0 Å². The second-order valence-corrected chi connectivity index (χ2v) is 9.25. The summed E-state index contributed by atoms with van der Waals surface area (Å²) in [4.78, 5) is 22.3. The van der Waals surface area contributed by atoms with Gasteiger partial charge in [-0.25, -0.2) is 23.1 Å². The first kappa shape index (κ1) is 21.7. The van der Waals surface area contributed by atoms with Gasteiger partial charge in [0.25, 0.3) is 12.0 Å². The van der Waals surface area contributed by atoms with Crippen molar-refractivity contribution in [3.63, 3.8) is 0 Å². The van der Waals surface area contributed by atoms with Gasteiger partial charge >= 0.3 is 0 Å². The molecule has 2 aliphatic carbocycles. The number of hydrogen-bond acceptors (Lipinski definition) is 5. The molecule has 5 rings (SSSR count). The van der Waals surface area contributed by atoms with Crippen LogP contribution in [0, 0.1) is 12.7 Å². The van der Waals surface area contributed by atoms with E-state index in [2.05, 4.69) is 15.3 Å². The van der Waals surface area contributed by atoms with Crippen LogP contribution in [0.5, 0.6) is 5.75 Å². The van der Waals surface area contributed by atoms with Crippen LogP contribution in [0.2, 0.25) is 0 Å². The van der Waals surface area contributed by atoms with Crippen molar-refractivity contribution >= 4 is 16.7 Å². The van der Waals surface area contributed by atoms with Crippen LogP contribution >= 0.6 is 0 Å². The van der Waals surface area contributed by atoms with Crippen LogP contribution < -0.4 is 15.6 Å². The molecule has 1 aromatic carbocycles. The molecule has 0 radical (unpaired) electrons. The van der Waals surface area contributed by atoms with Crippen LogP contribution in [0.25, 0.3) is 10.9 Å². The number of anilines is 1. The summed E-state index contributed by atoms with van der Waals surface area (Å²) in [6.07, 6.45) is 2.34. The molecule has 174 valence electrons. The molecule has 0 bridgehead atoms. The van der Waals surface area contributed by atoms with Crippen molar-refractivity contribution in [1.82, 2.24) is 14.5 Å². The number of rotatable bonds is 7. The average molecular weight is 458 g/mol. The van der Waals surface area contributed by atoms with Crippen LogP contribution in [-0.4, -0.2) is 20.6 Å². The lowest BCUT2D eigenvalue weighted by molar-refractivity contribution is 0.146. The van der Waals surface area contributed by atoms with E-state index in [1.165, 1.54) is 12.1 Å². The van der Waals surface area contributed by atoms with E-state index in [1.807, 2.05) is 6.92 Å². The maximum Gasteiger partial charge on any atom is 0.295 e. The topological polar surface area (TPSA) is 69.0 Å². The summed E-state index contributed by atoms with van der Waals surface area (Å²) in [5.41, 5.74) is -0.647. The maximum atomic E-state index is 14.7. The molecule has 0 aliphatic heterocycles. The first-order chi connectivity index (χ1) is 15.7. The number of alkyl halides is 2. The average Bonchev–Trinajstić information content (AvgIpc) is 3.68. The van der Waals surface area contributed by atoms with E-state index < -0.39 is 23.8 Å². The summed E-state index contributed by atoms with van der Waals surface area (Å²) >= 11 is 0. The van der Waals surface area contributed by atoms with Gasteiger partial charge in [-0.1, -0.05) is 18.2 Å². The van der Waals surface area contributed by atoms with E-state index in [9.17, 15) is 18.0 Å². The number of aryl methyl sites for hydroxylation is 1. The van der Waals surface area contributed by atoms with Gasteiger partial charge in [0.2, 0.25) is 5.75 Å². The standard InChI is InChI=1S/C24H25F3N4O2/c1-12(15-5-4-6-16(18(15)25)21(26)27)28-22-17-11-31(24(3)9-10-24)23(32)20(33-14-7-8-14)19(17)29-13(2)30-22/h4-6,11-12,14,21H,7-10H2,1-3H3,(H,28,29,30)/t12-/m1/s1. The third-order valence-electron chi connectivity index (χ3n) is 6.42. The van der Waals surface area contributed by atoms with Crippen molar-refractivity contribution in [2.75, 3.05) is 5.32 Å². The zero-order chi connectivity index (χ0) is 23.5. The predicted octanol–water partition coefficient (Wildman–Crippen LogP) is 5.40. The number of nitrogens with one attached hydrogen (secondary N) is 1. The SMILES string of the molecule is Cc1nc(N[C@H](C)c2cccc(C(F)F)c2F)c2cn(C3(C)CC3)c(=O)c(OC3CC3)c2n1. The first-order valence-electron chi connectivity index (χ1n) is 11.1. The van der Waals surface area contributed by atoms with Crippen LogP contribution in [0.15, 0.2) is 29.2 Å². The highest BCUT2D eigenvalue weighted by atomic mass is 19.3. The third-order valence-corrected chi connectivity index (χ3v) is 6.42. The molecule has 2 saturated carbocycles. The highest BCUT2D eigenvalue weighted by Gasteiger charge is 2.41. The predicted molar refractivity (Wildman–Crippen MR) is 118 cm³/mol. The normalized spacial score (nSPS) is 17.9. The Morgan fingerprint density at radius 2 is 1.91 bits per heavy atom. The summed E-state index contributed by atoms with van der Waals surface area (Å²) in [5.74, 6) is 0.0675. The summed E-state index contributed by atoms with van der Waals surface area (Å²) in [6, 6.07) is 3.30. The fourth-order valence-corrected chi connectivity index (χ4v) is 4.02. The Bertz CT molecular complexity index is 1300. The van der Waals surface area contributed by atoms with Crippen LogP contribution in [0.1, 0.15) is 68.9 Å². The van der Waals surface area contributed by atoms with Gasteiger partial charge in [0, 0.05) is 17.3 Å². The van der Waals surface area contributed by atoms with Gasteiger partial charge in [-0.05, 0) is 46.5 Å². The Morgan fingerprint density at radius 3 is 2.55 bits per heavy atom. The van der Waals surface area contributed by atoms with E-state index in [0.717, 1.165) is 31.7 Å². The monoisotopic (exact) mass is 458 g/mol. The van der Waals surface area contributed by atoms with Gasteiger partial charge in [-0.2, -0.15) is 0 Å². The molecule has 0 saturated heterocycles. The smallest absolute Gasteiger partial charge is 0.295 e. The summed E-state index contributed by atoms with van der Waals surface area (Å²) in [5, 5.41) is 3.73. The number of nitrogens with zero attached hydrogens (tertiary/aromatic N) is 3. The molecule has 0 spiro atoms. The molecule has 33 heavy (non-hydrogen) atoms. The van der Waals surface area contributed by atoms with E-state index in [-0.39, 0.29) is 28.5 Å². The van der Waals surface area contributed by atoms with Crippen molar-refractivity contribution in [1.29, 1.82) is 0 Å². The van der Waals surface area contributed by atoms with E-state index in [4.69, 9.17) is 4.74 Å². The van der Waals surface area contributed by atoms with E-state index in [0.29, 0.717) is 22.5 Å². The van der Waals surface area contributed by atoms with Crippen molar-refractivity contribution in [3.8, 4) is 5.75 Å².